The highest BCUT2D eigenvalue weighted by atomic mass is 32.1. The number of hydrogen-bond acceptors (Lipinski definition) is 11. The second-order valence-electron chi connectivity index (χ2n) is 11.4. The molecule has 4 rings (SSSR count). The van der Waals surface area contributed by atoms with Crippen molar-refractivity contribution in [1.29, 1.82) is 0 Å². The summed E-state index contributed by atoms with van der Waals surface area (Å²) in [6, 6.07) is 9.00. The molecule has 0 aliphatic heterocycles. The minimum absolute atomic E-state index is 0.0118. The van der Waals surface area contributed by atoms with Gasteiger partial charge < -0.3 is 28.4 Å². The highest BCUT2D eigenvalue weighted by Gasteiger charge is 2.33. The first kappa shape index (κ1) is 36.1. The normalized spacial score (nSPS) is 11.3. The maximum Gasteiger partial charge on any atom is 0.311 e. The molecule has 0 radical (unpaired) electrons. The fourth-order valence-electron chi connectivity index (χ4n) is 5.01. The summed E-state index contributed by atoms with van der Waals surface area (Å²) in [5, 5.41) is 0.782. The Morgan fingerprint density at radius 2 is 1.38 bits per heavy atom. The Hall–Kier alpha value is -4.78. The van der Waals surface area contributed by atoms with Gasteiger partial charge in [-0.15, -0.1) is 11.3 Å². The first-order valence-corrected chi connectivity index (χ1v) is 15.7. The second kappa shape index (κ2) is 15.4. The van der Waals surface area contributed by atoms with Gasteiger partial charge in [-0.3, -0.25) is 19.2 Å². The number of methoxy groups -OCH3 is 4. The fraction of sp³-hybridized carbons (Fsp3) is 0.371. The van der Waals surface area contributed by atoms with Crippen molar-refractivity contribution in [3.05, 3.63) is 58.5 Å². The molecule has 1 heterocycles. The minimum atomic E-state index is -1.05. The highest BCUT2D eigenvalue weighted by molar-refractivity contribution is 7.20. The zero-order chi connectivity index (χ0) is 35.2. The van der Waals surface area contributed by atoms with E-state index >= 15 is 8.78 Å². The Labute approximate surface area is 279 Å². The summed E-state index contributed by atoms with van der Waals surface area (Å²) < 4.78 is 63.1. The maximum atomic E-state index is 15.6. The number of esters is 2. The summed E-state index contributed by atoms with van der Waals surface area (Å²) in [5.74, 6) is -3.09. The van der Waals surface area contributed by atoms with Crippen LogP contribution in [0.25, 0.3) is 20.9 Å². The molecule has 10 nitrogen and oxygen atoms in total. The number of hydrogen-bond donors (Lipinski definition) is 0. The number of carbonyl (C=O) groups is 4. The molecular formula is C35H36F2O10S. The topological polar surface area (TPSA) is 124 Å². The van der Waals surface area contributed by atoms with Crippen LogP contribution in [-0.4, -0.2) is 65.2 Å². The van der Waals surface area contributed by atoms with E-state index in [2.05, 4.69) is 4.74 Å². The average Bonchev–Trinajstić information content (AvgIpc) is 3.52. The van der Waals surface area contributed by atoms with E-state index in [1.165, 1.54) is 52.7 Å². The Bertz CT molecular complexity index is 1860. The van der Waals surface area contributed by atoms with E-state index in [9.17, 15) is 19.2 Å². The van der Waals surface area contributed by atoms with Gasteiger partial charge in [0.2, 0.25) is 0 Å². The molecule has 4 aromatic rings. The van der Waals surface area contributed by atoms with Crippen LogP contribution in [-0.2, 0) is 19.1 Å². The van der Waals surface area contributed by atoms with Crippen molar-refractivity contribution in [2.24, 2.45) is 5.41 Å². The number of fused-ring (bicyclic) bond motifs is 2. The Morgan fingerprint density at radius 3 is 1.98 bits per heavy atom. The van der Waals surface area contributed by atoms with Gasteiger partial charge in [0.05, 0.1) is 58.4 Å². The van der Waals surface area contributed by atoms with Crippen molar-refractivity contribution in [3.63, 3.8) is 0 Å². The number of benzene rings is 3. The lowest BCUT2D eigenvalue weighted by atomic mass is 9.87. The molecule has 0 N–H and O–H groups in total. The zero-order valence-corrected chi connectivity index (χ0v) is 28.3. The van der Waals surface area contributed by atoms with Crippen LogP contribution < -0.4 is 18.9 Å². The Balaban J connectivity index is 1.43. The van der Waals surface area contributed by atoms with Crippen molar-refractivity contribution >= 4 is 55.7 Å². The lowest BCUT2D eigenvalue weighted by molar-refractivity contribution is -0.150. The second-order valence-corrected chi connectivity index (χ2v) is 12.5. The number of halogens is 2. The van der Waals surface area contributed by atoms with Crippen molar-refractivity contribution in [3.8, 4) is 23.0 Å². The summed E-state index contributed by atoms with van der Waals surface area (Å²) in [4.78, 5) is 49.2. The van der Waals surface area contributed by atoms with E-state index in [-0.39, 0.29) is 89.1 Å². The van der Waals surface area contributed by atoms with E-state index in [4.69, 9.17) is 23.7 Å². The van der Waals surface area contributed by atoms with E-state index in [0.717, 1.165) is 11.3 Å². The Kier molecular flexibility index (Phi) is 11.6. The lowest BCUT2D eigenvalue weighted by Gasteiger charge is -2.19. The summed E-state index contributed by atoms with van der Waals surface area (Å²) in [6.45, 7) is 3.18. The van der Waals surface area contributed by atoms with Crippen molar-refractivity contribution in [1.82, 2.24) is 0 Å². The number of ether oxygens (including phenoxy) is 6. The molecule has 48 heavy (non-hydrogen) atoms. The molecule has 0 aliphatic carbocycles. The van der Waals surface area contributed by atoms with E-state index in [0.29, 0.717) is 15.6 Å². The molecule has 0 aliphatic rings. The molecule has 0 fully saturated rings. The van der Waals surface area contributed by atoms with Crippen molar-refractivity contribution in [2.45, 2.75) is 39.5 Å². The molecule has 0 unspecified atom stereocenters. The number of ketones is 2. The smallest absolute Gasteiger partial charge is 0.311 e. The first-order chi connectivity index (χ1) is 22.8. The SMILES string of the molecule is COC(=O)CCC(=O)c1ccc2c(F)c(OCCCOc3c(OC)cc4sc(C(=O)CC(C)(C)C(=O)OC)cc4c3F)c(OC)cc2c1. The van der Waals surface area contributed by atoms with Crippen LogP contribution in [0.2, 0.25) is 0 Å². The van der Waals surface area contributed by atoms with Gasteiger partial charge in [-0.05, 0) is 37.4 Å². The third kappa shape index (κ3) is 7.84. The largest absolute Gasteiger partial charge is 0.493 e. The van der Waals surface area contributed by atoms with Crippen LogP contribution in [0.15, 0.2) is 36.4 Å². The van der Waals surface area contributed by atoms with Gasteiger partial charge >= 0.3 is 11.9 Å². The number of Topliss-reactive ketones (excluding diaryl/α,β-unsaturated/α-hetero) is 2. The molecule has 3 aromatic carbocycles. The molecular weight excluding hydrogens is 650 g/mol. The van der Waals surface area contributed by atoms with Crippen LogP contribution in [0.1, 0.15) is 59.6 Å². The number of carbonyl (C=O) groups excluding carboxylic acids is 4. The van der Waals surface area contributed by atoms with Gasteiger partial charge in [-0.1, -0.05) is 12.1 Å². The van der Waals surface area contributed by atoms with Gasteiger partial charge in [0.15, 0.2) is 46.2 Å². The van der Waals surface area contributed by atoms with Gasteiger partial charge in [0.25, 0.3) is 0 Å². The standard InChI is InChI=1S/C35H36F2O10S/c1-35(2,34(41)45-6)18-24(39)28-16-22-27(48-28)17-26(43-4)33(31(22)37)47-13-7-12-46-32-25(42-3)15-20-14-19(8-9-21(20)30(32)36)23(38)10-11-29(40)44-5/h8-9,14-17H,7,10-13,18H2,1-6H3. The van der Waals surface area contributed by atoms with E-state index in [1.54, 1.807) is 26.0 Å². The molecule has 13 heteroatoms. The molecule has 0 amide bonds. The number of thiophene rings is 1. The highest BCUT2D eigenvalue weighted by Crippen LogP contribution is 2.41. The van der Waals surface area contributed by atoms with Gasteiger partial charge in [0.1, 0.15) is 0 Å². The number of rotatable bonds is 16. The Morgan fingerprint density at radius 1 is 0.750 bits per heavy atom. The molecule has 1 aromatic heterocycles. The molecule has 256 valence electrons. The molecule has 0 saturated carbocycles. The molecule has 0 bridgehead atoms. The molecule has 0 spiro atoms. The van der Waals surface area contributed by atoms with Crippen LogP contribution in [0.3, 0.4) is 0 Å². The average molecular weight is 687 g/mol. The molecule has 0 saturated heterocycles. The van der Waals surface area contributed by atoms with Crippen molar-refractivity contribution in [2.75, 3.05) is 41.7 Å². The summed E-state index contributed by atoms with van der Waals surface area (Å²) >= 11 is 1.08. The first-order valence-electron chi connectivity index (χ1n) is 14.9. The monoisotopic (exact) mass is 686 g/mol. The predicted molar refractivity (Wildman–Crippen MR) is 175 cm³/mol. The summed E-state index contributed by atoms with van der Waals surface area (Å²) in [7, 11) is 5.22. The third-order valence-electron chi connectivity index (χ3n) is 7.62. The lowest BCUT2D eigenvalue weighted by Crippen LogP contribution is -2.28. The fourth-order valence-corrected chi connectivity index (χ4v) is 6.03. The van der Waals surface area contributed by atoms with Gasteiger partial charge in [0, 0.05) is 46.4 Å². The van der Waals surface area contributed by atoms with Crippen LogP contribution >= 0.6 is 11.3 Å². The van der Waals surface area contributed by atoms with Crippen molar-refractivity contribution < 1.29 is 56.4 Å². The van der Waals surface area contributed by atoms with E-state index in [1.807, 2.05) is 0 Å². The maximum absolute atomic E-state index is 15.6. The van der Waals surface area contributed by atoms with Crippen LogP contribution in [0, 0.1) is 17.0 Å². The van der Waals surface area contributed by atoms with Gasteiger partial charge in [-0.25, -0.2) is 8.78 Å². The minimum Gasteiger partial charge on any atom is -0.493 e. The van der Waals surface area contributed by atoms with E-state index < -0.39 is 29.0 Å². The third-order valence-corrected chi connectivity index (χ3v) is 8.75. The summed E-state index contributed by atoms with van der Waals surface area (Å²) in [5.41, 5.74) is -0.737. The predicted octanol–water partition coefficient (Wildman–Crippen LogP) is 7.11. The molecule has 0 atom stereocenters. The van der Waals surface area contributed by atoms with Crippen LogP contribution in [0.5, 0.6) is 23.0 Å². The zero-order valence-electron chi connectivity index (χ0n) is 27.5. The quantitative estimate of drug-likeness (QED) is 0.0685. The van der Waals surface area contributed by atoms with Gasteiger partial charge in [-0.2, -0.15) is 0 Å². The van der Waals surface area contributed by atoms with Crippen LogP contribution in [0.4, 0.5) is 8.78 Å². The summed E-state index contributed by atoms with van der Waals surface area (Å²) in [6.07, 6.45) is 0.000773.